The molecule has 3 aromatic heterocycles. The van der Waals surface area contributed by atoms with Gasteiger partial charge in [0.25, 0.3) is 0 Å². The summed E-state index contributed by atoms with van der Waals surface area (Å²) in [5.74, 6) is 1.96. The van der Waals surface area contributed by atoms with Crippen molar-refractivity contribution in [2.24, 2.45) is 0 Å². The SMILES string of the molecule is Cc1nnc(-c2ccc3[nH]c4ncnc(NC5CCC(N6CCOCC6)CC5)c4c3c2)o1. The maximum Gasteiger partial charge on any atom is 0.247 e. The summed E-state index contributed by atoms with van der Waals surface area (Å²) in [6, 6.07) is 7.18. The molecule has 0 radical (unpaired) electrons. The topological polar surface area (TPSA) is 105 Å². The van der Waals surface area contributed by atoms with E-state index < -0.39 is 0 Å². The van der Waals surface area contributed by atoms with Crippen molar-refractivity contribution in [1.82, 2.24) is 30.0 Å². The summed E-state index contributed by atoms with van der Waals surface area (Å²) in [4.78, 5) is 15.1. The number of morpholine rings is 1. The minimum Gasteiger partial charge on any atom is -0.421 e. The molecule has 0 bridgehead atoms. The van der Waals surface area contributed by atoms with Crippen molar-refractivity contribution in [2.45, 2.75) is 44.7 Å². The van der Waals surface area contributed by atoms with Gasteiger partial charge in [0.2, 0.25) is 11.8 Å². The molecule has 2 fully saturated rings. The van der Waals surface area contributed by atoms with E-state index in [2.05, 4.69) is 41.4 Å². The van der Waals surface area contributed by atoms with Crippen LogP contribution in [-0.2, 0) is 4.74 Å². The summed E-state index contributed by atoms with van der Waals surface area (Å²) in [5.41, 5.74) is 2.73. The van der Waals surface area contributed by atoms with Gasteiger partial charge in [-0.3, -0.25) is 4.90 Å². The first-order valence-corrected chi connectivity index (χ1v) is 11.4. The average Bonchev–Trinajstić information content (AvgIpc) is 3.43. The van der Waals surface area contributed by atoms with Gasteiger partial charge in [-0.15, -0.1) is 10.2 Å². The number of aryl methyl sites for hydroxylation is 1. The van der Waals surface area contributed by atoms with Crippen molar-refractivity contribution in [1.29, 1.82) is 0 Å². The maximum atomic E-state index is 5.63. The first-order valence-electron chi connectivity index (χ1n) is 11.4. The molecule has 32 heavy (non-hydrogen) atoms. The molecule has 0 spiro atoms. The predicted molar refractivity (Wildman–Crippen MR) is 121 cm³/mol. The fraction of sp³-hybridized carbons (Fsp3) is 0.478. The van der Waals surface area contributed by atoms with E-state index in [0.717, 1.165) is 72.5 Å². The van der Waals surface area contributed by atoms with Crippen LogP contribution in [-0.4, -0.2) is 68.4 Å². The van der Waals surface area contributed by atoms with Crippen LogP contribution in [0.4, 0.5) is 5.82 Å². The van der Waals surface area contributed by atoms with Gasteiger partial charge in [-0.2, -0.15) is 0 Å². The van der Waals surface area contributed by atoms with Crippen LogP contribution in [0.3, 0.4) is 0 Å². The summed E-state index contributed by atoms with van der Waals surface area (Å²) in [6.07, 6.45) is 6.33. The Morgan fingerprint density at radius 1 is 1.06 bits per heavy atom. The zero-order valence-electron chi connectivity index (χ0n) is 18.2. The molecule has 0 atom stereocenters. The highest BCUT2D eigenvalue weighted by molar-refractivity contribution is 6.12. The highest BCUT2D eigenvalue weighted by Gasteiger charge is 2.27. The zero-order valence-corrected chi connectivity index (χ0v) is 18.2. The standard InChI is InChI=1S/C23H27N7O2/c1-14-28-29-23(32-14)15-2-7-19-18(12-15)20-21(24-13-25-22(20)27-19)26-16-3-5-17(6-4-16)30-8-10-31-11-9-30/h2,7,12-13,16-17H,3-6,8-11H2,1H3,(H2,24,25,26,27). The number of hydrogen-bond acceptors (Lipinski definition) is 8. The Balaban J connectivity index is 1.26. The number of hydrogen-bond donors (Lipinski definition) is 2. The van der Waals surface area contributed by atoms with Crippen molar-refractivity contribution in [2.75, 3.05) is 31.6 Å². The highest BCUT2D eigenvalue weighted by Crippen LogP contribution is 2.34. The summed E-state index contributed by atoms with van der Waals surface area (Å²) in [7, 11) is 0. The Morgan fingerprint density at radius 3 is 2.69 bits per heavy atom. The lowest BCUT2D eigenvalue weighted by Crippen LogP contribution is -2.46. The molecule has 1 aliphatic carbocycles. The molecule has 2 aliphatic rings. The molecule has 166 valence electrons. The summed E-state index contributed by atoms with van der Waals surface area (Å²) in [6.45, 7) is 5.65. The molecule has 1 aliphatic heterocycles. The molecule has 0 unspecified atom stereocenters. The van der Waals surface area contributed by atoms with Crippen LogP contribution in [0.25, 0.3) is 33.4 Å². The van der Waals surface area contributed by atoms with Gasteiger partial charge in [0.1, 0.15) is 17.8 Å². The number of nitrogens with one attached hydrogen (secondary N) is 2. The van der Waals surface area contributed by atoms with Gasteiger partial charge in [0.15, 0.2) is 0 Å². The summed E-state index contributed by atoms with van der Waals surface area (Å²) < 4.78 is 11.1. The molecule has 1 saturated heterocycles. The lowest BCUT2D eigenvalue weighted by atomic mass is 9.90. The van der Waals surface area contributed by atoms with Gasteiger partial charge >= 0.3 is 0 Å². The van der Waals surface area contributed by atoms with Gasteiger partial charge in [-0.25, -0.2) is 9.97 Å². The average molecular weight is 434 g/mol. The fourth-order valence-electron chi connectivity index (χ4n) is 5.10. The van der Waals surface area contributed by atoms with Crippen LogP contribution >= 0.6 is 0 Å². The monoisotopic (exact) mass is 433 g/mol. The molecular formula is C23H27N7O2. The number of rotatable bonds is 4. The van der Waals surface area contributed by atoms with E-state index >= 15 is 0 Å². The normalized spacial score (nSPS) is 22.5. The number of fused-ring (bicyclic) bond motifs is 3. The van der Waals surface area contributed by atoms with Crippen LogP contribution in [0.5, 0.6) is 0 Å². The van der Waals surface area contributed by atoms with Crippen molar-refractivity contribution in [3.63, 3.8) is 0 Å². The summed E-state index contributed by atoms with van der Waals surface area (Å²) >= 11 is 0. The van der Waals surface area contributed by atoms with Crippen LogP contribution in [0.1, 0.15) is 31.6 Å². The number of H-pyrrole nitrogens is 1. The largest absolute Gasteiger partial charge is 0.421 e. The molecule has 9 nitrogen and oxygen atoms in total. The molecule has 0 amide bonds. The van der Waals surface area contributed by atoms with Gasteiger partial charge < -0.3 is 19.5 Å². The lowest BCUT2D eigenvalue weighted by molar-refractivity contribution is 0.00791. The lowest BCUT2D eigenvalue weighted by Gasteiger charge is -2.39. The van der Waals surface area contributed by atoms with Gasteiger partial charge in [-0.05, 0) is 43.9 Å². The Kier molecular flexibility index (Phi) is 4.99. The van der Waals surface area contributed by atoms with E-state index in [1.807, 2.05) is 12.1 Å². The minimum atomic E-state index is 0.414. The zero-order chi connectivity index (χ0) is 21.5. The second-order valence-corrected chi connectivity index (χ2v) is 8.76. The second kappa shape index (κ2) is 8.14. The quantitative estimate of drug-likeness (QED) is 0.504. The van der Waals surface area contributed by atoms with E-state index in [4.69, 9.17) is 9.15 Å². The molecule has 4 heterocycles. The Hall–Kier alpha value is -3.04. The first-order chi connectivity index (χ1) is 15.7. The number of benzene rings is 1. The number of ether oxygens (including phenoxy) is 1. The Labute approximate surface area is 185 Å². The minimum absolute atomic E-state index is 0.414. The number of aromatic nitrogens is 5. The van der Waals surface area contributed by atoms with Crippen molar-refractivity contribution >= 4 is 27.8 Å². The molecular weight excluding hydrogens is 406 g/mol. The smallest absolute Gasteiger partial charge is 0.247 e. The molecule has 2 N–H and O–H groups in total. The van der Waals surface area contributed by atoms with Crippen molar-refractivity contribution < 1.29 is 9.15 Å². The van der Waals surface area contributed by atoms with Crippen molar-refractivity contribution in [3.8, 4) is 11.5 Å². The highest BCUT2D eigenvalue weighted by atomic mass is 16.5. The Bertz CT molecular complexity index is 1240. The maximum absolute atomic E-state index is 5.63. The molecule has 4 aromatic rings. The summed E-state index contributed by atoms with van der Waals surface area (Å²) in [5, 5.41) is 13.9. The number of nitrogens with zero attached hydrogens (tertiary/aromatic N) is 5. The molecule has 9 heteroatoms. The Morgan fingerprint density at radius 2 is 1.91 bits per heavy atom. The van der Waals surface area contributed by atoms with E-state index in [-0.39, 0.29) is 0 Å². The van der Waals surface area contributed by atoms with Crippen molar-refractivity contribution in [3.05, 3.63) is 30.4 Å². The van der Waals surface area contributed by atoms with Gasteiger partial charge in [0, 0.05) is 48.6 Å². The molecule has 1 saturated carbocycles. The van der Waals surface area contributed by atoms with E-state index in [9.17, 15) is 0 Å². The van der Waals surface area contributed by atoms with E-state index in [1.54, 1.807) is 13.3 Å². The number of aromatic amines is 1. The van der Waals surface area contributed by atoms with E-state index in [1.165, 1.54) is 12.8 Å². The van der Waals surface area contributed by atoms with E-state index in [0.29, 0.717) is 23.9 Å². The second-order valence-electron chi connectivity index (χ2n) is 8.76. The van der Waals surface area contributed by atoms with Crippen LogP contribution in [0.2, 0.25) is 0 Å². The molecule has 1 aromatic carbocycles. The van der Waals surface area contributed by atoms with Crippen LogP contribution < -0.4 is 5.32 Å². The molecule has 6 rings (SSSR count). The van der Waals surface area contributed by atoms with Crippen LogP contribution in [0, 0.1) is 6.92 Å². The third kappa shape index (κ3) is 3.61. The van der Waals surface area contributed by atoms with Gasteiger partial charge in [-0.1, -0.05) is 0 Å². The van der Waals surface area contributed by atoms with Crippen LogP contribution in [0.15, 0.2) is 28.9 Å². The first kappa shape index (κ1) is 19.6. The third-order valence-electron chi connectivity index (χ3n) is 6.76. The number of anilines is 1. The third-order valence-corrected chi connectivity index (χ3v) is 6.76. The van der Waals surface area contributed by atoms with Gasteiger partial charge in [0.05, 0.1) is 18.6 Å². The fourth-order valence-corrected chi connectivity index (χ4v) is 5.10. The predicted octanol–water partition coefficient (Wildman–Crippen LogP) is 3.52.